The van der Waals surface area contributed by atoms with Crippen molar-refractivity contribution in [2.24, 2.45) is 5.73 Å². The lowest BCUT2D eigenvalue weighted by Gasteiger charge is -2.29. The molecule has 3 N–H and O–H groups in total. The van der Waals surface area contributed by atoms with Crippen LogP contribution in [0.5, 0.6) is 0 Å². The Morgan fingerprint density at radius 3 is 2.81 bits per heavy atom. The third-order valence-electron chi connectivity index (χ3n) is 2.97. The molecule has 0 spiro atoms. The number of likely N-dealkylation sites (tertiary alicyclic amines) is 1. The number of rotatable bonds is 3. The lowest BCUT2D eigenvalue weighted by Crippen LogP contribution is -2.38. The van der Waals surface area contributed by atoms with Crippen LogP contribution < -0.4 is 5.73 Å². The molecule has 5 heteroatoms. The number of β-amino-alcohol motifs (C(OH)–C–C–N with tert-alkyl or cyclic N) is 1. The summed E-state index contributed by atoms with van der Waals surface area (Å²) in [5, 5.41) is 9.59. The van der Waals surface area contributed by atoms with Crippen molar-refractivity contribution in [3.8, 4) is 0 Å². The van der Waals surface area contributed by atoms with Gasteiger partial charge in [0.25, 0.3) is 0 Å². The maximum Gasteiger partial charge on any atom is 0.0702 e. The summed E-state index contributed by atoms with van der Waals surface area (Å²) in [5.41, 5.74) is 6.07. The first-order valence-corrected chi connectivity index (χ1v) is 7.12. The Hall–Kier alpha value is 0.0600. The summed E-state index contributed by atoms with van der Waals surface area (Å²) in [5.74, 6) is 0. The van der Waals surface area contributed by atoms with Crippen molar-refractivity contribution < 1.29 is 5.11 Å². The maximum absolute atomic E-state index is 9.59. The molecule has 1 fully saturated rings. The average molecular weight is 305 g/mol. The van der Waals surface area contributed by atoms with Crippen molar-refractivity contribution in [3.63, 3.8) is 0 Å². The van der Waals surface area contributed by atoms with Crippen molar-refractivity contribution in [2.45, 2.75) is 31.5 Å². The van der Waals surface area contributed by atoms with Crippen LogP contribution in [0.4, 0.5) is 0 Å². The van der Waals surface area contributed by atoms with E-state index < -0.39 is 0 Å². The maximum atomic E-state index is 9.59. The van der Waals surface area contributed by atoms with Gasteiger partial charge in [0.1, 0.15) is 0 Å². The summed E-state index contributed by atoms with van der Waals surface area (Å²) < 4.78 is 1.13. The minimum atomic E-state index is -0.190. The number of hydrogen-bond acceptors (Lipinski definition) is 4. The normalized spacial score (nSPS) is 25.9. The van der Waals surface area contributed by atoms with Gasteiger partial charge in [-0.2, -0.15) is 0 Å². The summed E-state index contributed by atoms with van der Waals surface area (Å²) in [7, 11) is 0. The molecule has 2 rings (SSSR count). The zero-order valence-electron chi connectivity index (χ0n) is 9.27. The van der Waals surface area contributed by atoms with E-state index in [1.165, 1.54) is 4.88 Å². The summed E-state index contributed by atoms with van der Waals surface area (Å²) in [6.07, 6.45) is 0.667. The molecule has 3 atom stereocenters. The van der Waals surface area contributed by atoms with Crippen LogP contribution in [0.2, 0.25) is 0 Å². The van der Waals surface area contributed by atoms with E-state index in [-0.39, 0.29) is 18.2 Å². The fraction of sp³-hybridized carbons (Fsp3) is 0.636. The Morgan fingerprint density at radius 1 is 1.62 bits per heavy atom. The van der Waals surface area contributed by atoms with Gasteiger partial charge in [-0.25, -0.2) is 0 Å². The summed E-state index contributed by atoms with van der Waals surface area (Å²) >= 11 is 5.21. The third kappa shape index (κ3) is 2.65. The minimum absolute atomic E-state index is 0.0795. The molecule has 1 aromatic heterocycles. The zero-order valence-corrected chi connectivity index (χ0v) is 11.7. The Morgan fingerprint density at radius 2 is 2.38 bits per heavy atom. The molecule has 1 saturated heterocycles. The molecule has 2 heterocycles. The highest BCUT2D eigenvalue weighted by Crippen LogP contribution is 2.34. The second-order valence-corrected chi connectivity index (χ2v) is 6.88. The molecule has 0 bridgehead atoms. The fourth-order valence-corrected chi connectivity index (χ4v) is 3.95. The largest absolute Gasteiger partial charge is 0.392 e. The van der Waals surface area contributed by atoms with Crippen LogP contribution in [0, 0.1) is 0 Å². The van der Waals surface area contributed by atoms with Crippen molar-refractivity contribution in [1.82, 2.24) is 4.90 Å². The number of nitrogens with zero attached hydrogens (tertiary/aromatic N) is 1. The van der Waals surface area contributed by atoms with E-state index in [0.717, 1.165) is 23.3 Å². The molecule has 1 aliphatic rings. The Labute approximate surface area is 108 Å². The van der Waals surface area contributed by atoms with E-state index in [4.69, 9.17) is 5.73 Å². The van der Waals surface area contributed by atoms with E-state index in [0.29, 0.717) is 0 Å². The van der Waals surface area contributed by atoms with Gasteiger partial charge < -0.3 is 10.8 Å². The second kappa shape index (κ2) is 5.14. The predicted octanol–water partition coefficient (Wildman–Crippen LogP) is 1.97. The van der Waals surface area contributed by atoms with Crippen molar-refractivity contribution in [2.75, 3.05) is 13.1 Å². The van der Waals surface area contributed by atoms with Crippen LogP contribution in [-0.2, 0) is 0 Å². The minimum Gasteiger partial charge on any atom is -0.392 e. The molecule has 3 nitrogen and oxygen atoms in total. The molecule has 16 heavy (non-hydrogen) atoms. The highest BCUT2D eigenvalue weighted by Gasteiger charge is 2.31. The third-order valence-corrected chi connectivity index (χ3v) is 4.67. The number of aliphatic hydroxyl groups is 1. The summed E-state index contributed by atoms with van der Waals surface area (Å²) in [4.78, 5) is 3.56. The highest BCUT2D eigenvalue weighted by molar-refractivity contribution is 9.11. The molecule has 90 valence electrons. The van der Waals surface area contributed by atoms with Crippen LogP contribution >= 0.6 is 27.3 Å². The predicted molar refractivity (Wildman–Crippen MR) is 70.6 cm³/mol. The van der Waals surface area contributed by atoms with Crippen LogP contribution in [0.25, 0.3) is 0 Å². The van der Waals surface area contributed by atoms with Crippen LogP contribution in [0.15, 0.2) is 15.9 Å². The Kier molecular flexibility index (Phi) is 4.02. The van der Waals surface area contributed by atoms with Gasteiger partial charge in [0.05, 0.1) is 15.9 Å². The molecule has 0 radical (unpaired) electrons. The number of hydrogen-bond donors (Lipinski definition) is 2. The highest BCUT2D eigenvalue weighted by atomic mass is 79.9. The molecular weight excluding hydrogens is 288 g/mol. The molecule has 0 amide bonds. The monoisotopic (exact) mass is 304 g/mol. The van der Waals surface area contributed by atoms with Crippen LogP contribution in [-0.4, -0.2) is 35.2 Å². The molecular formula is C11H17BrN2OS. The smallest absolute Gasteiger partial charge is 0.0702 e. The van der Waals surface area contributed by atoms with Gasteiger partial charge in [-0.3, -0.25) is 4.90 Å². The molecule has 0 aliphatic carbocycles. The van der Waals surface area contributed by atoms with Crippen LogP contribution in [0.3, 0.4) is 0 Å². The molecule has 1 aromatic rings. The van der Waals surface area contributed by atoms with E-state index in [2.05, 4.69) is 33.0 Å². The van der Waals surface area contributed by atoms with E-state index in [9.17, 15) is 5.11 Å². The molecule has 0 aromatic carbocycles. The Balaban J connectivity index is 2.17. The van der Waals surface area contributed by atoms with Gasteiger partial charge in [0.15, 0.2) is 0 Å². The van der Waals surface area contributed by atoms with Gasteiger partial charge >= 0.3 is 0 Å². The van der Waals surface area contributed by atoms with Gasteiger partial charge in [-0.05, 0) is 41.4 Å². The SMILES string of the molecule is CC(N)C(c1ccc(Br)s1)N1CCC(O)C1. The zero-order chi connectivity index (χ0) is 11.7. The topological polar surface area (TPSA) is 49.5 Å². The average Bonchev–Trinajstić information content (AvgIpc) is 2.76. The number of nitrogens with two attached hydrogens (primary N) is 1. The van der Waals surface area contributed by atoms with Gasteiger partial charge in [-0.1, -0.05) is 0 Å². The first kappa shape index (κ1) is 12.5. The second-order valence-electron chi connectivity index (χ2n) is 4.38. The van der Waals surface area contributed by atoms with E-state index in [1.54, 1.807) is 11.3 Å². The lowest BCUT2D eigenvalue weighted by molar-refractivity contribution is 0.153. The van der Waals surface area contributed by atoms with Gasteiger partial charge in [-0.15, -0.1) is 11.3 Å². The van der Waals surface area contributed by atoms with Crippen molar-refractivity contribution in [1.29, 1.82) is 0 Å². The quantitative estimate of drug-likeness (QED) is 0.897. The Bertz CT molecular complexity index is 356. The van der Waals surface area contributed by atoms with Gasteiger partial charge in [0, 0.05) is 24.0 Å². The standard InChI is InChI=1S/C11H17BrN2OS/c1-7(13)11(9-2-3-10(12)16-9)14-5-4-8(15)6-14/h2-3,7-8,11,15H,4-6,13H2,1H3. The fourth-order valence-electron chi connectivity index (χ4n) is 2.28. The number of aliphatic hydroxyl groups excluding tert-OH is 1. The molecule has 3 unspecified atom stereocenters. The van der Waals surface area contributed by atoms with E-state index in [1.807, 2.05) is 6.92 Å². The summed E-state index contributed by atoms with van der Waals surface area (Å²) in [6.45, 7) is 3.70. The summed E-state index contributed by atoms with van der Waals surface area (Å²) in [6, 6.07) is 4.49. The number of thiophene rings is 1. The lowest BCUT2D eigenvalue weighted by atomic mass is 10.1. The molecule has 0 saturated carbocycles. The van der Waals surface area contributed by atoms with Crippen LogP contribution in [0.1, 0.15) is 24.3 Å². The molecule has 1 aliphatic heterocycles. The first-order chi connectivity index (χ1) is 7.58. The van der Waals surface area contributed by atoms with Crippen molar-refractivity contribution in [3.05, 3.63) is 20.8 Å². The first-order valence-electron chi connectivity index (χ1n) is 5.51. The van der Waals surface area contributed by atoms with E-state index >= 15 is 0 Å². The van der Waals surface area contributed by atoms with Crippen molar-refractivity contribution >= 4 is 27.3 Å². The van der Waals surface area contributed by atoms with Gasteiger partial charge in [0.2, 0.25) is 0 Å². The number of halogens is 1.